The molecule has 2 aromatic heterocycles. The summed E-state index contributed by atoms with van der Waals surface area (Å²) < 4.78 is 10.5. The fraction of sp³-hybridized carbons (Fsp3) is 0.250. The molecule has 0 aliphatic rings. The summed E-state index contributed by atoms with van der Waals surface area (Å²) in [6, 6.07) is 5.64. The molecule has 0 aromatic carbocycles. The Balaban J connectivity index is 2.32. The number of rotatable bonds is 3. The summed E-state index contributed by atoms with van der Waals surface area (Å²) in [4.78, 5) is 12.6. The van der Waals surface area contributed by atoms with E-state index in [4.69, 9.17) is 9.15 Å². The molecule has 0 amide bonds. The Labute approximate surface area is 97.7 Å². The first-order valence-electron chi connectivity index (χ1n) is 5.03. The standard InChI is InChI=1S/C12H12O3S/c1-3-14-12(13)9-7-10(15-8(9)2)11-5-4-6-16-11/h4-7H,3H2,1-2H3. The number of hydrogen-bond donors (Lipinski definition) is 0. The smallest absolute Gasteiger partial charge is 0.341 e. The van der Waals surface area contributed by atoms with Crippen LogP contribution >= 0.6 is 11.3 Å². The molecule has 2 rings (SSSR count). The second kappa shape index (κ2) is 4.53. The molecule has 0 aliphatic carbocycles. The first kappa shape index (κ1) is 11.0. The molecule has 0 fully saturated rings. The van der Waals surface area contributed by atoms with Gasteiger partial charge in [-0.1, -0.05) is 6.07 Å². The molecule has 0 unspecified atom stereocenters. The molecule has 16 heavy (non-hydrogen) atoms. The van der Waals surface area contributed by atoms with Crippen molar-refractivity contribution >= 4 is 17.3 Å². The lowest BCUT2D eigenvalue weighted by molar-refractivity contribution is 0.0524. The molecule has 0 saturated carbocycles. The van der Waals surface area contributed by atoms with Crippen LogP contribution in [0.4, 0.5) is 0 Å². The van der Waals surface area contributed by atoms with E-state index in [1.165, 1.54) is 0 Å². The van der Waals surface area contributed by atoms with Crippen LogP contribution in [0.15, 0.2) is 28.0 Å². The van der Waals surface area contributed by atoms with Crippen molar-refractivity contribution < 1.29 is 13.9 Å². The zero-order valence-electron chi connectivity index (χ0n) is 9.15. The zero-order valence-corrected chi connectivity index (χ0v) is 9.97. The molecule has 84 valence electrons. The van der Waals surface area contributed by atoms with E-state index in [2.05, 4.69) is 0 Å². The Bertz CT molecular complexity index is 482. The highest BCUT2D eigenvalue weighted by Gasteiger charge is 2.16. The summed E-state index contributed by atoms with van der Waals surface area (Å²) in [6.07, 6.45) is 0. The SMILES string of the molecule is CCOC(=O)c1cc(-c2cccs2)oc1C. The molecule has 0 N–H and O–H groups in total. The summed E-state index contributed by atoms with van der Waals surface area (Å²) in [5, 5.41) is 1.97. The van der Waals surface area contributed by atoms with Crippen LogP contribution in [0.3, 0.4) is 0 Å². The number of hydrogen-bond acceptors (Lipinski definition) is 4. The van der Waals surface area contributed by atoms with E-state index in [1.54, 1.807) is 31.3 Å². The third-order valence-electron chi connectivity index (χ3n) is 2.18. The molecule has 3 nitrogen and oxygen atoms in total. The molecule has 0 spiro atoms. The van der Waals surface area contributed by atoms with Crippen LogP contribution in [0.25, 0.3) is 10.6 Å². The van der Waals surface area contributed by atoms with Gasteiger partial charge in [-0.25, -0.2) is 4.79 Å². The van der Waals surface area contributed by atoms with E-state index in [1.807, 2.05) is 17.5 Å². The van der Waals surface area contributed by atoms with Gasteiger partial charge in [0.25, 0.3) is 0 Å². The van der Waals surface area contributed by atoms with Crippen LogP contribution in [0.2, 0.25) is 0 Å². The second-order valence-corrected chi connectivity index (χ2v) is 4.23. The summed E-state index contributed by atoms with van der Waals surface area (Å²) in [5.74, 6) is 0.990. The van der Waals surface area contributed by atoms with E-state index in [0.717, 1.165) is 10.6 Å². The number of esters is 1. The van der Waals surface area contributed by atoms with Crippen LogP contribution < -0.4 is 0 Å². The molecule has 0 radical (unpaired) electrons. The first-order chi connectivity index (χ1) is 7.72. The van der Waals surface area contributed by atoms with E-state index >= 15 is 0 Å². The van der Waals surface area contributed by atoms with Crippen molar-refractivity contribution in [2.45, 2.75) is 13.8 Å². The molecule has 4 heteroatoms. The maximum absolute atomic E-state index is 11.6. The molecule has 0 saturated heterocycles. The third kappa shape index (κ3) is 2.02. The number of carbonyl (C=O) groups is 1. The van der Waals surface area contributed by atoms with E-state index in [9.17, 15) is 4.79 Å². The Hall–Kier alpha value is -1.55. The number of ether oxygens (including phenoxy) is 1. The number of furan rings is 1. The largest absolute Gasteiger partial charge is 0.462 e. The Morgan fingerprint density at radius 2 is 2.38 bits per heavy atom. The van der Waals surface area contributed by atoms with Gasteiger partial charge in [0.15, 0.2) is 0 Å². The summed E-state index contributed by atoms with van der Waals surface area (Å²) in [5.41, 5.74) is 0.505. The maximum Gasteiger partial charge on any atom is 0.341 e. The van der Waals surface area contributed by atoms with Gasteiger partial charge in [0.05, 0.1) is 11.5 Å². The third-order valence-corrected chi connectivity index (χ3v) is 3.06. The number of thiophene rings is 1. The maximum atomic E-state index is 11.6. The Kier molecular flexibility index (Phi) is 3.10. The van der Waals surface area contributed by atoms with Crippen molar-refractivity contribution in [1.29, 1.82) is 0 Å². The van der Waals surface area contributed by atoms with Crippen molar-refractivity contribution in [3.05, 3.63) is 34.9 Å². The number of carbonyl (C=O) groups excluding carboxylic acids is 1. The first-order valence-corrected chi connectivity index (χ1v) is 5.91. The summed E-state index contributed by atoms with van der Waals surface area (Å²) >= 11 is 1.58. The molecular weight excluding hydrogens is 224 g/mol. The normalized spacial score (nSPS) is 10.4. The van der Waals surface area contributed by atoms with E-state index in [0.29, 0.717) is 17.9 Å². The predicted octanol–water partition coefficient (Wildman–Crippen LogP) is 3.49. The van der Waals surface area contributed by atoms with Crippen LogP contribution in [0, 0.1) is 6.92 Å². The van der Waals surface area contributed by atoms with Gasteiger partial charge in [0.2, 0.25) is 0 Å². The minimum absolute atomic E-state index is 0.327. The van der Waals surface area contributed by atoms with Crippen LogP contribution in [0.1, 0.15) is 23.0 Å². The van der Waals surface area contributed by atoms with Gasteiger partial charge < -0.3 is 9.15 Å². The minimum Gasteiger partial charge on any atom is -0.462 e. The van der Waals surface area contributed by atoms with Crippen LogP contribution in [0.5, 0.6) is 0 Å². The minimum atomic E-state index is -0.327. The van der Waals surface area contributed by atoms with Gasteiger partial charge in [0, 0.05) is 6.07 Å². The quantitative estimate of drug-likeness (QED) is 0.766. The van der Waals surface area contributed by atoms with Gasteiger partial charge in [0.1, 0.15) is 17.1 Å². The highest BCUT2D eigenvalue weighted by Crippen LogP contribution is 2.29. The lowest BCUT2D eigenvalue weighted by atomic mass is 10.2. The van der Waals surface area contributed by atoms with Gasteiger partial charge in [-0.3, -0.25) is 0 Å². The predicted molar refractivity (Wildman–Crippen MR) is 62.7 cm³/mol. The van der Waals surface area contributed by atoms with E-state index in [-0.39, 0.29) is 5.97 Å². The van der Waals surface area contributed by atoms with Gasteiger partial charge in [-0.2, -0.15) is 0 Å². The lowest BCUT2D eigenvalue weighted by Gasteiger charge is -1.97. The second-order valence-electron chi connectivity index (χ2n) is 3.28. The van der Waals surface area contributed by atoms with Gasteiger partial charge in [-0.15, -0.1) is 11.3 Å². The molecule has 2 heterocycles. The highest BCUT2D eigenvalue weighted by molar-refractivity contribution is 7.13. The topological polar surface area (TPSA) is 39.4 Å². The summed E-state index contributed by atoms with van der Waals surface area (Å²) in [7, 11) is 0. The van der Waals surface area contributed by atoms with Crippen LogP contribution in [-0.2, 0) is 4.74 Å². The average Bonchev–Trinajstić information content (AvgIpc) is 2.86. The molecule has 0 atom stereocenters. The fourth-order valence-electron chi connectivity index (χ4n) is 1.43. The van der Waals surface area contributed by atoms with E-state index < -0.39 is 0 Å². The average molecular weight is 236 g/mol. The molecular formula is C12H12O3S. The Morgan fingerprint density at radius 3 is 3.00 bits per heavy atom. The zero-order chi connectivity index (χ0) is 11.5. The monoisotopic (exact) mass is 236 g/mol. The molecule has 2 aromatic rings. The fourth-order valence-corrected chi connectivity index (χ4v) is 2.11. The van der Waals surface area contributed by atoms with Gasteiger partial charge in [-0.05, 0) is 25.3 Å². The van der Waals surface area contributed by atoms with Crippen molar-refractivity contribution in [3.63, 3.8) is 0 Å². The molecule has 0 bridgehead atoms. The summed E-state index contributed by atoms with van der Waals surface area (Å²) in [6.45, 7) is 3.93. The highest BCUT2D eigenvalue weighted by atomic mass is 32.1. The number of aryl methyl sites for hydroxylation is 1. The molecule has 0 aliphatic heterocycles. The van der Waals surface area contributed by atoms with Gasteiger partial charge >= 0.3 is 5.97 Å². The Morgan fingerprint density at radius 1 is 1.56 bits per heavy atom. The van der Waals surface area contributed by atoms with Crippen molar-refractivity contribution in [1.82, 2.24) is 0 Å². The van der Waals surface area contributed by atoms with Crippen molar-refractivity contribution in [2.24, 2.45) is 0 Å². The van der Waals surface area contributed by atoms with Crippen LogP contribution in [-0.4, -0.2) is 12.6 Å². The van der Waals surface area contributed by atoms with Crippen molar-refractivity contribution in [2.75, 3.05) is 6.61 Å². The lowest BCUT2D eigenvalue weighted by Crippen LogP contribution is -2.04. The van der Waals surface area contributed by atoms with Crippen molar-refractivity contribution in [3.8, 4) is 10.6 Å².